The van der Waals surface area contributed by atoms with Crippen molar-refractivity contribution in [2.75, 3.05) is 17.6 Å². The molecule has 0 saturated heterocycles. The Labute approximate surface area is 134 Å². The summed E-state index contributed by atoms with van der Waals surface area (Å²) in [5.41, 5.74) is 1.68. The van der Waals surface area contributed by atoms with Crippen molar-refractivity contribution >= 4 is 27.5 Å². The monoisotopic (exact) mass is 327 g/mol. The van der Waals surface area contributed by atoms with Crippen LogP contribution in [0.4, 0.5) is 5.69 Å². The van der Waals surface area contributed by atoms with Gasteiger partial charge in [-0.05, 0) is 30.4 Å². The van der Waals surface area contributed by atoms with E-state index < -0.39 is 10.0 Å². The minimum absolute atomic E-state index is 0.0695. The molecule has 0 spiro atoms. The van der Waals surface area contributed by atoms with Gasteiger partial charge >= 0.3 is 0 Å². The fraction of sp³-hybridized carbons (Fsp3) is 0.125. The average Bonchev–Trinajstić information content (AvgIpc) is 2.53. The lowest BCUT2D eigenvalue weighted by Crippen LogP contribution is -2.37. The first kappa shape index (κ1) is 15.1. The van der Waals surface area contributed by atoms with Crippen LogP contribution in [0.1, 0.15) is 5.56 Å². The minimum atomic E-state index is -3.40. The molecule has 1 N–H and O–H groups in total. The number of hydrogen-bond donors (Lipinski definition) is 1. The third-order valence-electron chi connectivity index (χ3n) is 3.37. The van der Waals surface area contributed by atoms with Crippen molar-refractivity contribution in [3.63, 3.8) is 0 Å². The molecule has 7 heteroatoms. The van der Waals surface area contributed by atoms with Crippen molar-refractivity contribution in [3.8, 4) is 12.3 Å². The van der Waals surface area contributed by atoms with E-state index in [-0.39, 0.29) is 18.2 Å². The first-order valence-corrected chi connectivity index (χ1v) is 8.45. The quantitative estimate of drug-likeness (QED) is 0.825. The Morgan fingerprint density at radius 1 is 1.35 bits per heavy atom. The van der Waals surface area contributed by atoms with E-state index >= 15 is 0 Å². The molecule has 0 unspecified atom stereocenters. The van der Waals surface area contributed by atoms with E-state index in [1.807, 2.05) is 0 Å². The summed E-state index contributed by atoms with van der Waals surface area (Å²) in [4.78, 5) is 13.9. The van der Waals surface area contributed by atoms with Gasteiger partial charge in [0.15, 0.2) is 0 Å². The van der Waals surface area contributed by atoms with Crippen LogP contribution >= 0.6 is 0 Å². The number of nitrogens with zero attached hydrogens (tertiary/aromatic N) is 2. The molecule has 1 amide bonds. The van der Waals surface area contributed by atoms with Crippen LogP contribution < -0.4 is 5.32 Å². The highest BCUT2D eigenvalue weighted by Gasteiger charge is 2.24. The predicted molar refractivity (Wildman–Crippen MR) is 88.2 cm³/mol. The highest BCUT2D eigenvalue weighted by Crippen LogP contribution is 2.17. The maximum Gasteiger partial charge on any atom is 0.257 e. The summed E-state index contributed by atoms with van der Waals surface area (Å²) < 4.78 is 26.6. The van der Waals surface area contributed by atoms with Gasteiger partial charge in [-0.15, -0.1) is 10.8 Å². The van der Waals surface area contributed by atoms with E-state index in [2.05, 4.69) is 15.6 Å². The molecule has 3 rings (SSSR count). The molecule has 1 aromatic carbocycles. The molecular formula is C16H13N3O3S. The summed E-state index contributed by atoms with van der Waals surface area (Å²) in [6, 6.07) is 6.97. The summed E-state index contributed by atoms with van der Waals surface area (Å²) in [5.74, 6) is 2.45. The second-order valence-electron chi connectivity index (χ2n) is 5.03. The molecule has 1 aromatic rings. The lowest BCUT2D eigenvalue weighted by Gasteiger charge is -2.26. The predicted octanol–water partition coefficient (Wildman–Crippen LogP) is 1.10. The van der Waals surface area contributed by atoms with Crippen LogP contribution in [0, 0.1) is 12.3 Å². The standard InChI is InChI=1S/C16H13N3O3S/c1-2-12-4-3-5-14(10-12)17-16(20)13-6-7-15-18-23(21,22)9-8-19(15)11-13/h1,3-7,10-11H,8-9H2,(H,17,20). The second kappa shape index (κ2) is 5.74. The maximum atomic E-state index is 12.3. The number of carbonyl (C=O) groups excluding carboxylic acids is 1. The van der Waals surface area contributed by atoms with Crippen molar-refractivity contribution in [3.05, 3.63) is 53.8 Å². The summed E-state index contributed by atoms with van der Waals surface area (Å²) >= 11 is 0. The summed E-state index contributed by atoms with van der Waals surface area (Å²) in [6.45, 7) is 0.273. The van der Waals surface area contributed by atoms with Gasteiger partial charge in [0.1, 0.15) is 5.84 Å². The van der Waals surface area contributed by atoms with E-state index in [0.29, 0.717) is 22.7 Å². The number of nitrogens with one attached hydrogen (secondary N) is 1. The molecule has 0 radical (unpaired) electrons. The van der Waals surface area contributed by atoms with Gasteiger partial charge in [0.25, 0.3) is 15.9 Å². The number of amides is 1. The fourth-order valence-electron chi connectivity index (χ4n) is 2.23. The molecule has 23 heavy (non-hydrogen) atoms. The van der Waals surface area contributed by atoms with Gasteiger partial charge in [0.05, 0.1) is 11.3 Å². The molecule has 0 atom stereocenters. The molecule has 2 aliphatic heterocycles. The van der Waals surface area contributed by atoms with Gasteiger partial charge in [-0.3, -0.25) is 4.79 Å². The van der Waals surface area contributed by atoms with Crippen molar-refractivity contribution in [1.82, 2.24) is 4.90 Å². The summed E-state index contributed by atoms with van der Waals surface area (Å²) in [7, 11) is -3.40. The number of carbonyl (C=O) groups is 1. The molecule has 0 saturated carbocycles. The van der Waals surface area contributed by atoms with Crippen LogP contribution in [0.15, 0.2) is 52.6 Å². The van der Waals surface area contributed by atoms with Gasteiger partial charge in [0, 0.05) is 24.0 Å². The normalized spacial score (nSPS) is 18.3. The molecule has 0 bridgehead atoms. The first-order valence-electron chi connectivity index (χ1n) is 6.84. The average molecular weight is 327 g/mol. The maximum absolute atomic E-state index is 12.3. The van der Waals surface area contributed by atoms with Crippen LogP contribution in [0.3, 0.4) is 0 Å². The molecule has 2 aliphatic rings. The number of fused-ring (bicyclic) bond motifs is 1. The van der Waals surface area contributed by atoms with Crippen LogP contribution in [-0.2, 0) is 14.8 Å². The van der Waals surface area contributed by atoms with Crippen molar-refractivity contribution in [1.29, 1.82) is 0 Å². The Morgan fingerprint density at radius 3 is 2.96 bits per heavy atom. The molecular weight excluding hydrogens is 314 g/mol. The topological polar surface area (TPSA) is 78.8 Å². The summed E-state index contributed by atoms with van der Waals surface area (Å²) in [6.07, 6.45) is 9.98. The number of benzene rings is 1. The smallest absolute Gasteiger partial charge is 0.257 e. The van der Waals surface area contributed by atoms with Crippen molar-refractivity contribution in [2.45, 2.75) is 0 Å². The van der Waals surface area contributed by atoms with Gasteiger partial charge in [-0.2, -0.15) is 0 Å². The highest BCUT2D eigenvalue weighted by atomic mass is 32.2. The number of amidine groups is 1. The Morgan fingerprint density at radius 2 is 2.17 bits per heavy atom. The van der Waals surface area contributed by atoms with Crippen LogP contribution in [-0.4, -0.2) is 37.4 Å². The van der Waals surface area contributed by atoms with Gasteiger partial charge in [-0.25, -0.2) is 8.42 Å². The largest absolute Gasteiger partial charge is 0.330 e. The second-order valence-corrected chi connectivity index (χ2v) is 6.78. The van der Waals surface area contributed by atoms with E-state index in [9.17, 15) is 13.2 Å². The third-order valence-corrected chi connectivity index (χ3v) is 4.54. The lowest BCUT2D eigenvalue weighted by atomic mass is 10.1. The molecule has 0 fully saturated rings. The zero-order valence-electron chi connectivity index (χ0n) is 12.1. The van der Waals surface area contributed by atoms with Gasteiger partial charge in [0.2, 0.25) is 0 Å². The Hall–Kier alpha value is -2.85. The minimum Gasteiger partial charge on any atom is -0.330 e. The molecule has 116 valence electrons. The van der Waals surface area contributed by atoms with E-state index in [0.717, 1.165) is 0 Å². The Balaban J connectivity index is 1.78. The van der Waals surface area contributed by atoms with Crippen LogP contribution in [0.25, 0.3) is 0 Å². The Bertz CT molecular complexity index is 905. The molecule has 0 aliphatic carbocycles. The van der Waals surface area contributed by atoms with E-state index in [1.165, 1.54) is 12.2 Å². The van der Waals surface area contributed by atoms with E-state index in [1.54, 1.807) is 35.4 Å². The summed E-state index contributed by atoms with van der Waals surface area (Å²) in [5, 5.41) is 2.76. The van der Waals surface area contributed by atoms with Crippen molar-refractivity contribution < 1.29 is 13.2 Å². The fourth-order valence-corrected chi connectivity index (χ4v) is 3.19. The van der Waals surface area contributed by atoms with Crippen LogP contribution in [0.2, 0.25) is 0 Å². The zero-order valence-corrected chi connectivity index (χ0v) is 12.9. The number of anilines is 1. The third kappa shape index (κ3) is 3.33. The number of rotatable bonds is 2. The lowest BCUT2D eigenvalue weighted by molar-refractivity contribution is -0.112. The number of terminal acetylenes is 1. The van der Waals surface area contributed by atoms with E-state index in [4.69, 9.17) is 6.42 Å². The van der Waals surface area contributed by atoms with Crippen LogP contribution in [0.5, 0.6) is 0 Å². The molecule has 6 nitrogen and oxygen atoms in total. The SMILES string of the molecule is C#Cc1cccc(NC(=O)C2=CN3CCS(=O)(=O)N=C3C=C2)c1. The first-order chi connectivity index (χ1) is 11.0. The molecule has 2 heterocycles. The van der Waals surface area contributed by atoms with Crippen molar-refractivity contribution in [2.24, 2.45) is 4.40 Å². The number of hydrogen-bond acceptors (Lipinski definition) is 4. The Kier molecular flexibility index (Phi) is 3.76. The molecule has 0 aromatic heterocycles. The van der Waals surface area contributed by atoms with Gasteiger partial charge in [-0.1, -0.05) is 12.0 Å². The number of sulfonamides is 1. The highest BCUT2D eigenvalue weighted by molar-refractivity contribution is 7.90. The zero-order chi connectivity index (χ0) is 16.4. The van der Waals surface area contributed by atoms with Gasteiger partial charge < -0.3 is 10.2 Å².